The highest BCUT2D eigenvalue weighted by molar-refractivity contribution is 9.10. The molecule has 0 atom stereocenters. The van der Waals surface area contributed by atoms with Crippen LogP contribution in [0.4, 0.5) is 4.39 Å². The maximum Gasteiger partial charge on any atom is 0.341 e. The van der Waals surface area contributed by atoms with E-state index >= 15 is 0 Å². The molecule has 0 N–H and O–H groups in total. The van der Waals surface area contributed by atoms with Crippen molar-refractivity contribution in [1.29, 1.82) is 0 Å². The summed E-state index contributed by atoms with van der Waals surface area (Å²) in [6.07, 6.45) is 0. The summed E-state index contributed by atoms with van der Waals surface area (Å²) in [6.45, 7) is 0. The van der Waals surface area contributed by atoms with Crippen molar-refractivity contribution < 1.29 is 13.9 Å². The molecule has 0 aliphatic heterocycles. The minimum Gasteiger partial charge on any atom is -0.465 e. The lowest BCUT2D eigenvalue weighted by atomic mass is 10.1. The lowest BCUT2D eigenvalue weighted by Crippen LogP contribution is -2.06. The number of ether oxygens (including phenoxy) is 1. The van der Waals surface area contributed by atoms with Crippen LogP contribution in [0.25, 0.3) is 28.3 Å². The third-order valence-corrected chi connectivity index (χ3v) is 4.62. The highest BCUT2D eigenvalue weighted by atomic mass is 79.9. The van der Waals surface area contributed by atoms with E-state index in [1.165, 1.54) is 17.7 Å². The van der Waals surface area contributed by atoms with Crippen LogP contribution in [0.2, 0.25) is 0 Å². The third kappa shape index (κ3) is 3.10. The van der Waals surface area contributed by atoms with Crippen molar-refractivity contribution in [3.8, 4) is 22.6 Å². The Bertz CT molecular complexity index is 1170. The van der Waals surface area contributed by atoms with Crippen molar-refractivity contribution in [3.63, 3.8) is 0 Å². The number of benzene rings is 2. The Morgan fingerprint density at radius 1 is 1.11 bits per heavy atom. The first-order valence-electron chi connectivity index (χ1n) is 8.07. The quantitative estimate of drug-likeness (QED) is 0.444. The number of rotatable bonds is 3. The summed E-state index contributed by atoms with van der Waals surface area (Å²) in [4.78, 5) is 16.6. The fourth-order valence-electron chi connectivity index (χ4n) is 2.85. The van der Waals surface area contributed by atoms with Gasteiger partial charge in [0.2, 0.25) is 0 Å². The van der Waals surface area contributed by atoms with Crippen molar-refractivity contribution >= 4 is 27.5 Å². The molecule has 0 aliphatic rings. The number of aromatic nitrogens is 3. The molecule has 5 nitrogen and oxygen atoms in total. The van der Waals surface area contributed by atoms with E-state index in [-0.39, 0.29) is 17.0 Å². The van der Waals surface area contributed by atoms with Crippen LogP contribution in [-0.2, 0) is 4.74 Å². The molecule has 0 saturated heterocycles. The zero-order chi connectivity index (χ0) is 19.0. The number of nitrogens with zero attached hydrogens (tertiary/aromatic N) is 3. The molecule has 0 saturated carbocycles. The van der Waals surface area contributed by atoms with Crippen molar-refractivity contribution in [3.05, 3.63) is 76.5 Å². The van der Waals surface area contributed by atoms with Gasteiger partial charge in [0, 0.05) is 10.0 Å². The van der Waals surface area contributed by atoms with Gasteiger partial charge in [-0.25, -0.2) is 18.7 Å². The fourth-order valence-corrected chi connectivity index (χ4v) is 3.25. The second-order valence-corrected chi connectivity index (χ2v) is 6.70. The van der Waals surface area contributed by atoms with E-state index in [2.05, 4.69) is 26.0 Å². The van der Waals surface area contributed by atoms with Gasteiger partial charge in [-0.05, 0) is 36.4 Å². The number of carbonyl (C=O) groups is 1. The van der Waals surface area contributed by atoms with Gasteiger partial charge < -0.3 is 4.74 Å². The average molecular weight is 426 g/mol. The summed E-state index contributed by atoms with van der Waals surface area (Å²) in [5.74, 6) is -0.772. The Hall–Kier alpha value is -3.06. The summed E-state index contributed by atoms with van der Waals surface area (Å²) in [6, 6.07) is 17.3. The molecule has 0 aliphatic carbocycles. The van der Waals surface area contributed by atoms with Gasteiger partial charge in [-0.1, -0.05) is 40.2 Å². The number of esters is 1. The molecule has 7 heteroatoms. The Labute approximate surface area is 162 Å². The molecule has 2 aromatic heterocycles. The lowest BCUT2D eigenvalue weighted by Gasteiger charge is -2.07. The molecule has 134 valence electrons. The van der Waals surface area contributed by atoms with E-state index in [1.54, 1.807) is 30.3 Å². The number of halogens is 2. The van der Waals surface area contributed by atoms with Crippen LogP contribution in [0.3, 0.4) is 0 Å². The van der Waals surface area contributed by atoms with Gasteiger partial charge in [-0.15, -0.1) is 5.10 Å². The second kappa shape index (κ2) is 6.92. The third-order valence-electron chi connectivity index (χ3n) is 4.12. The molecule has 4 aromatic rings. The van der Waals surface area contributed by atoms with Gasteiger partial charge in [-0.2, -0.15) is 0 Å². The number of hydrogen-bond acceptors (Lipinski definition) is 4. The maximum absolute atomic E-state index is 14.2. The van der Waals surface area contributed by atoms with Gasteiger partial charge in [0.15, 0.2) is 11.5 Å². The van der Waals surface area contributed by atoms with Crippen LogP contribution >= 0.6 is 15.9 Å². The second-order valence-electron chi connectivity index (χ2n) is 5.78. The molecule has 2 heterocycles. The van der Waals surface area contributed by atoms with Gasteiger partial charge >= 0.3 is 5.97 Å². The Morgan fingerprint density at radius 2 is 1.93 bits per heavy atom. The molecule has 0 bridgehead atoms. The summed E-state index contributed by atoms with van der Waals surface area (Å²) < 4.78 is 21.5. The van der Waals surface area contributed by atoms with Crippen LogP contribution in [0.15, 0.2) is 65.1 Å². The molecule has 0 amide bonds. The molecule has 0 fully saturated rings. The van der Waals surface area contributed by atoms with Crippen molar-refractivity contribution in [2.24, 2.45) is 0 Å². The van der Waals surface area contributed by atoms with E-state index in [9.17, 15) is 9.18 Å². The minimum absolute atomic E-state index is 0.195. The normalized spacial score (nSPS) is 10.9. The number of fused-ring (bicyclic) bond motifs is 1. The predicted octanol–water partition coefficient (Wildman–Crippen LogP) is 4.75. The van der Waals surface area contributed by atoms with E-state index in [0.29, 0.717) is 11.3 Å². The van der Waals surface area contributed by atoms with Gasteiger partial charge in [-0.3, -0.25) is 0 Å². The fraction of sp³-hybridized carbons (Fsp3) is 0.0500. The van der Waals surface area contributed by atoms with Gasteiger partial charge in [0.25, 0.3) is 0 Å². The topological polar surface area (TPSA) is 56.5 Å². The number of pyridine rings is 1. The smallest absolute Gasteiger partial charge is 0.341 e. The first-order valence-corrected chi connectivity index (χ1v) is 8.86. The van der Waals surface area contributed by atoms with Gasteiger partial charge in [0.05, 0.1) is 18.4 Å². The molecule has 0 unspecified atom stereocenters. The van der Waals surface area contributed by atoms with Crippen LogP contribution in [-0.4, -0.2) is 27.7 Å². The number of methoxy groups -OCH3 is 1. The predicted molar refractivity (Wildman–Crippen MR) is 103 cm³/mol. The van der Waals surface area contributed by atoms with Crippen molar-refractivity contribution in [2.45, 2.75) is 0 Å². The SMILES string of the molecule is COC(=O)c1ccc(-c2cccc(Br)c2)n2nc(-c3ccccc3F)nc12. The Balaban J connectivity index is 2.01. The molecule has 2 aromatic carbocycles. The first-order chi connectivity index (χ1) is 13.1. The number of hydrogen-bond donors (Lipinski definition) is 0. The molecular weight excluding hydrogens is 413 g/mol. The zero-order valence-electron chi connectivity index (χ0n) is 14.2. The van der Waals surface area contributed by atoms with Crippen LogP contribution in [0, 0.1) is 5.82 Å². The van der Waals surface area contributed by atoms with E-state index in [1.807, 2.05) is 24.3 Å². The molecule has 0 radical (unpaired) electrons. The lowest BCUT2D eigenvalue weighted by molar-refractivity contribution is 0.0602. The first kappa shape index (κ1) is 17.4. The summed E-state index contributed by atoms with van der Waals surface area (Å²) >= 11 is 3.45. The number of carbonyl (C=O) groups excluding carboxylic acids is 1. The van der Waals surface area contributed by atoms with E-state index in [4.69, 9.17) is 4.74 Å². The summed E-state index contributed by atoms with van der Waals surface area (Å²) in [5.41, 5.74) is 2.41. The van der Waals surface area contributed by atoms with Crippen LogP contribution < -0.4 is 0 Å². The van der Waals surface area contributed by atoms with Crippen LogP contribution in [0.1, 0.15) is 10.4 Å². The molecule has 27 heavy (non-hydrogen) atoms. The maximum atomic E-state index is 14.2. The van der Waals surface area contributed by atoms with E-state index in [0.717, 1.165) is 10.0 Å². The highest BCUT2D eigenvalue weighted by Crippen LogP contribution is 2.28. The van der Waals surface area contributed by atoms with E-state index < -0.39 is 11.8 Å². The highest BCUT2D eigenvalue weighted by Gasteiger charge is 2.20. The monoisotopic (exact) mass is 425 g/mol. The average Bonchev–Trinajstić information content (AvgIpc) is 3.12. The van der Waals surface area contributed by atoms with Crippen LogP contribution in [0.5, 0.6) is 0 Å². The van der Waals surface area contributed by atoms with Gasteiger partial charge in [0.1, 0.15) is 11.4 Å². The molecule has 4 rings (SSSR count). The molecule has 0 spiro atoms. The summed E-state index contributed by atoms with van der Waals surface area (Å²) in [5, 5.41) is 4.47. The van der Waals surface area contributed by atoms with Crippen molar-refractivity contribution in [2.75, 3.05) is 7.11 Å². The van der Waals surface area contributed by atoms with Crippen molar-refractivity contribution in [1.82, 2.24) is 14.6 Å². The standard InChI is InChI=1S/C20H13BrFN3O2/c1-27-20(26)15-9-10-17(12-5-4-6-13(21)11-12)25-19(15)23-18(24-25)14-7-2-3-8-16(14)22/h2-11H,1H3. The minimum atomic E-state index is -0.534. The zero-order valence-corrected chi connectivity index (χ0v) is 15.8. The Morgan fingerprint density at radius 3 is 2.67 bits per heavy atom. The Kier molecular flexibility index (Phi) is 4.45. The largest absolute Gasteiger partial charge is 0.465 e. The molecular formula is C20H13BrFN3O2. The summed E-state index contributed by atoms with van der Waals surface area (Å²) in [7, 11) is 1.30.